The van der Waals surface area contributed by atoms with Crippen molar-refractivity contribution in [1.82, 2.24) is 0 Å². The van der Waals surface area contributed by atoms with E-state index in [1.807, 2.05) is 60.7 Å². The molecule has 2 atom stereocenters. The Morgan fingerprint density at radius 2 is 1.14 bits per heavy atom. The van der Waals surface area contributed by atoms with Crippen LogP contribution in [0.2, 0.25) is 0 Å². The predicted octanol–water partition coefficient (Wildman–Crippen LogP) is 3.08. The van der Waals surface area contributed by atoms with Gasteiger partial charge in [-0.15, -0.1) is 9.05 Å². The highest BCUT2D eigenvalue weighted by Crippen LogP contribution is 2.27. The molecule has 5 nitrogen and oxygen atoms in total. The zero-order chi connectivity index (χ0) is 15.8. The van der Waals surface area contributed by atoms with Crippen LogP contribution in [0.4, 0.5) is 0 Å². The van der Waals surface area contributed by atoms with E-state index in [0.717, 1.165) is 11.1 Å². The van der Waals surface area contributed by atoms with Crippen LogP contribution in [0.5, 0.6) is 0 Å². The summed E-state index contributed by atoms with van der Waals surface area (Å²) < 4.78 is 22.0. The fourth-order valence-electron chi connectivity index (χ4n) is 1.91. The van der Waals surface area contributed by atoms with E-state index < -0.39 is 8.25 Å². The van der Waals surface area contributed by atoms with E-state index in [1.165, 1.54) is 0 Å². The van der Waals surface area contributed by atoms with Gasteiger partial charge >= 0.3 is 8.25 Å². The lowest BCUT2D eigenvalue weighted by Crippen LogP contribution is -2.17. The first-order chi connectivity index (χ1) is 10.7. The molecule has 0 heterocycles. The van der Waals surface area contributed by atoms with E-state index in [-0.39, 0.29) is 25.3 Å². The van der Waals surface area contributed by atoms with E-state index in [9.17, 15) is 4.57 Å². The molecule has 0 bridgehead atoms. The molecule has 0 saturated carbocycles. The molecular formula is C16H20N2O3P+. The van der Waals surface area contributed by atoms with Crippen molar-refractivity contribution >= 4 is 8.25 Å². The lowest BCUT2D eigenvalue weighted by molar-refractivity contribution is 0.207. The Balaban J connectivity index is 1.72. The highest BCUT2D eigenvalue weighted by Gasteiger charge is 2.24. The fraction of sp³-hybridized carbons (Fsp3) is 0.250. The third kappa shape index (κ3) is 5.30. The Kier molecular flexibility index (Phi) is 6.65. The van der Waals surface area contributed by atoms with E-state index >= 15 is 0 Å². The third-order valence-electron chi connectivity index (χ3n) is 3.17. The highest BCUT2D eigenvalue weighted by molar-refractivity contribution is 7.33. The molecule has 2 aromatic rings. The molecule has 0 spiro atoms. The van der Waals surface area contributed by atoms with Gasteiger partial charge in [-0.2, -0.15) is 0 Å². The second-order valence-corrected chi connectivity index (χ2v) is 5.81. The maximum Gasteiger partial charge on any atom is 0.697 e. The van der Waals surface area contributed by atoms with Gasteiger partial charge in [-0.1, -0.05) is 60.7 Å². The second-order valence-electron chi connectivity index (χ2n) is 4.85. The average molecular weight is 319 g/mol. The van der Waals surface area contributed by atoms with Crippen molar-refractivity contribution in [1.29, 1.82) is 0 Å². The van der Waals surface area contributed by atoms with Gasteiger partial charge in [0, 0.05) is 4.57 Å². The first-order valence-electron chi connectivity index (χ1n) is 7.01. The van der Waals surface area contributed by atoms with Crippen LogP contribution in [0.25, 0.3) is 0 Å². The molecule has 0 saturated heterocycles. The molecule has 6 heteroatoms. The number of benzene rings is 2. The average Bonchev–Trinajstić information content (AvgIpc) is 2.59. The minimum Gasteiger partial charge on any atom is -0.322 e. The standard InChI is InChI=1S/C16H20N2O3P/c17-15(13-7-3-1-4-8-13)11-20-22(19)21-12-16(18)14-9-5-2-6-10-14/h1-10,15-16H,11-12,17-18H2/q+1. The molecule has 2 unspecified atom stereocenters. The number of rotatable bonds is 8. The summed E-state index contributed by atoms with van der Waals surface area (Å²) in [4.78, 5) is 0. The molecule has 2 aromatic carbocycles. The fourth-order valence-corrected chi connectivity index (χ4v) is 2.55. The van der Waals surface area contributed by atoms with Crippen LogP contribution in [0.3, 0.4) is 0 Å². The zero-order valence-corrected chi connectivity index (χ0v) is 13.1. The van der Waals surface area contributed by atoms with Crippen molar-refractivity contribution in [2.75, 3.05) is 13.2 Å². The summed E-state index contributed by atoms with van der Waals surface area (Å²) in [5.74, 6) is 0. The minimum absolute atomic E-state index is 0.125. The topological polar surface area (TPSA) is 87.6 Å². The maximum atomic E-state index is 11.7. The van der Waals surface area contributed by atoms with Crippen molar-refractivity contribution in [2.24, 2.45) is 11.5 Å². The van der Waals surface area contributed by atoms with Crippen molar-refractivity contribution in [3.8, 4) is 0 Å². The van der Waals surface area contributed by atoms with E-state index in [0.29, 0.717) is 0 Å². The normalized spacial score (nSPS) is 14.4. The lowest BCUT2D eigenvalue weighted by atomic mass is 10.1. The molecule has 116 valence electrons. The summed E-state index contributed by atoms with van der Waals surface area (Å²) in [6.45, 7) is 0.250. The van der Waals surface area contributed by atoms with Gasteiger partial charge in [-0.05, 0) is 11.1 Å². The van der Waals surface area contributed by atoms with Crippen LogP contribution in [-0.2, 0) is 13.6 Å². The lowest BCUT2D eigenvalue weighted by Gasteiger charge is -2.08. The van der Waals surface area contributed by atoms with Crippen LogP contribution in [-0.4, -0.2) is 13.2 Å². The summed E-state index contributed by atoms with van der Waals surface area (Å²) in [6.07, 6.45) is 0. The van der Waals surface area contributed by atoms with Gasteiger partial charge < -0.3 is 11.5 Å². The summed E-state index contributed by atoms with van der Waals surface area (Å²) in [6, 6.07) is 18.3. The molecule has 0 fully saturated rings. The summed E-state index contributed by atoms with van der Waals surface area (Å²) in [7, 11) is -2.24. The van der Waals surface area contributed by atoms with E-state index in [2.05, 4.69) is 0 Å². The Labute approximate surface area is 131 Å². The summed E-state index contributed by atoms with van der Waals surface area (Å²) >= 11 is 0. The molecule has 4 N–H and O–H groups in total. The molecule has 0 aliphatic carbocycles. The SMILES string of the molecule is NC(CO[P+](=O)OCC(N)c1ccccc1)c1ccccc1. The van der Waals surface area contributed by atoms with E-state index in [4.69, 9.17) is 20.5 Å². The summed E-state index contributed by atoms with van der Waals surface area (Å²) in [5.41, 5.74) is 13.8. The molecule has 22 heavy (non-hydrogen) atoms. The molecule has 0 aromatic heterocycles. The highest BCUT2D eigenvalue weighted by atomic mass is 31.1. The van der Waals surface area contributed by atoms with Gasteiger partial charge in [0.25, 0.3) is 0 Å². The number of hydrogen-bond donors (Lipinski definition) is 2. The molecule has 0 radical (unpaired) electrons. The Morgan fingerprint density at radius 1 is 0.773 bits per heavy atom. The van der Waals surface area contributed by atoms with Gasteiger partial charge in [0.15, 0.2) is 0 Å². The minimum atomic E-state index is -2.24. The zero-order valence-electron chi connectivity index (χ0n) is 12.2. The van der Waals surface area contributed by atoms with Gasteiger partial charge in [0.05, 0.1) is 12.1 Å². The van der Waals surface area contributed by atoms with Gasteiger partial charge in [-0.25, -0.2) is 0 Å². The van der Waals surface area contributed by atoms with Crippen molar-refractivity contribution in [3.63, 3.8) is 0 Å². The molecule has 0 amide bonds. The monoisotopic (exact) mass is 319 g/mol. The maximum absolute atomic E-state index is 11.7. The van der Waals surface area contributed by atoms with Crippen LogP contribution in [0.1, 0.15) is 23.2 Å². The van der Waals surface area contributed by atoms with Crippen molar-refractivity contribution in [3.05, 3.63) is 71.8 Å². The Hall–Kier alpha value is -1.62. The van der Waals surface area contributed by atoms with Crippen LogP contribution in [0.15, 0.2) is 60.7 Å². The molecule has 2 rings (SSSR count). The molecular weight excluding hydrogens is 299 g/mol. The van der Waals surface area contributed by atoms with Crippen molar-refractivity contribution in [2.45, 2.75) is 12.1 Å². The quantitative estimate of drug-likeness (QED) is 0.730. The largest absolute Gasteiger partial charge is 0.697 e. The van der Waals surface area contributed by atoms with Crippen LogP contribution >= 0.6 is 8.25 Å². The number of hydrogen-bond acceptors (Lipinski definition) is 5. The number of nitrogens with two attached hydrogens (primary N) is 2. The van der Waals surface area contributed by atoms with Crippen molar-refractivity contribution < 1.29 is 13.6 Å². The van der Waals surface area contributed by atoms with Crippen LogP contribution in [0, 0.1) is 0 Å². The first-order valence-corrected chi connectivity index (χ1v) is 8.10. The van der Waals surface area contributed by atoms with Gasteiger partial charge in [0.2, 0.25) is 0 Å². The second kappa shape index (κ2) is 8.73. The molecule has 0 aliphatic rings. The smallest absolute Gasteiger partial charge is 0.322 e. The third-order valence-corrected chi connectivity index (χ3v) is 3.89. The predicted molar refractivity (Wildman–Crippen MR) is 86.3 cm³/mol. The Bertz CT molecular complexity index is 529. The Morgan fingerprint density at radius 3 is 1.50 bits per heavy atom. The van der Waals surface area contributed by atoms with Crippen LogP contribution < -0.4 is 11.5 Å². The van der Waals surface area contributed by atoms with Gasteiger partial charge in [0.1, 0.15) is 13.2 Å². The first kappa shape index (κ1) is 16.7. The van der Waals surface area contributed by atoms with Gasteiger partial charge in [-0.3, -0.25) is 0 Å². The van der Waals surface area contributed by atoms with E-state index in [1.54, 1.807) is 0 Å². The summed E-state index contributed by atoms with van der Waals surface area (Å²) in [5, 5.41) is 0. The molecule has 0 aliphatic heterocycles.